The van der Waals surface area contributed by atoms with Gasteiger partial charge in [0, 0.05) is 16.2 Å². The lowest BCUT2D eigenvalue weighted by molar-refractivity contribution is -0.155. The minimum atomic E-state index is -0.681. The van der Waals surface area contributed by atoms with Crippen molar-refractivity contribution in [3.8, 4) is 0 Å². The highest BCUT2D eigenvalue weighted by Gasteiger charge is 2.31. The molecule has 1 heterocycles. The molecule has 0 saturated heterocycles. The predicted octanol–water partition coefficient (Wildman–Crippen LogP) is 5.36. The van der Waals surface area contributed by atoms with Gasteiger partial charge in [0.2, 0.25) is 0 Å². The highest BCUT2D eigenvalue weighted by Crippen LogP contribution is 2.50. The summed E-state index contributed by atoms with van der Waals surface area (Å²) in [4.78, 5) is 23.6. The molecule has 0 unspecified atom stereocenters. The lowest BCUT2D eigenvalue weighted by Crippen LogP contribution is -2.35. The molecule has 5 heteroatoms. The van der Waals surface area contributed by atoms with Gasteiger partial charge in [0.15, 0.2) is 0 Å². The molecule has 0 saturated carbocycles. The van der Waals surface area contributed by atoms with Crippen molar-refractivity contribution in [2.45, 2.75) is 33.2 Å². The molecule has 0 bridgehead atoms. The van der Waals surface area contributed by atoms with Crippen LogP contribution in [0, 0.1) is 11.8 Å². The first-order valence-electron chi connectivity index (χ1n) is 9.28. The second kappa shape index (κ2) is 8.69. The van der Waals surface area contributed by atoms with E-state index in [1.807, 2.05) is 12.1 Å². The number of esters is 1. The Balaban J connectivity index is 1.93. The van der Waals surface area contributed by atoms with Gasteiger partial charge < -0.3 is 14.3 Å². The highest BCUT2D eigenvalue weighted by molar-refractivity contribution is 7.60. The van der Waals surface area contributed by atoms with Gasteiger partial charge >= 0.3 is 5.97 Å². The molecule has 0 N–H and O–H groups in total. The van der Waals surface area contributed by atoms with E-state index in [9.17, 15) is 9.59 Å². The number of ether oxygens (including phenoxy) is 2. The van der Waals surface area contributed by atoms with Crippen LogP contribution in [0.25, 0.3) is 21.0 Å². The van der Waals surface area contributed by atoms with Crippen LogP contribution in [-0.2, 0) is 25.4 Å². The first kappa shape index (κ1) is 19.6. The molecule has 0 radical (unpaired) electrons. The SMILES string of the molecule is CCOC(=O)[C@@H](C)[C@@H](OCp1c2ccccc2c2ccccc21)[C@@H](C)C=O. The largest absolute Gasteiger partial charge is 0.466 e. The van der Waals surface area contributed by atoms with E-state index in [4.69, 9.17) is 9.47 Å². The number of hydrogen-bond donors (Lipinski definition) is 0. The van der Waals surface area contributed by atoms with Gasteiger partial charge in [-0.1, -0.05) is 63.0 Å². The fraction of sp³-hybridized carbons (Fsp3) is 0.364. The molecule has 4 nitrogen and oxygen atoms in total. The number of rotatable bonds is 8. The molecule has 0 aliphatic rings. The maximum atomic E-state index is 12.2. The van der Waals surface area contributed by atoms with Gasteiger partial charge in [-0.2, -0.15) is 0 Å². The Hall–Kier alpha value is -2.16. The first-order chi connectivity index (χ1) is 13.1. The molecular formula is C22H25O4P. The molecule has 27 heavy (non-hydrogen) atoms. The number of benzene rings is 2. The Bertz CT molecular complexity index is 893. The minimum absolute atomic E-state index is 0.318. The normalized spacial score (nSPS) is 14.8. The van der Waals surface area contributed by atoms with E-state index < -0.39 is 19.6 Å². The Morgan fingerprint density at radius 2 is 1.59 bits per heavy atom. The predicted molar refractivity (Wildman–Crippen MR) is 110 cm³/mol. The molecular weight excluding hydrogens is 359 g/mol. The van der Waals surface area contributed by atoms with Gasteiger partial charge in [0.25, 0.3) is 0 Å². The monoisotopic (exact) mass is 384 g/mol. The summed E-state index contributed by atoms with van der Waals surface area (Å²) < 4.78 is 11.4. The number of aldehydes is 1. The number of fused-ring (bicyclic) bond motifs is 3. The van der Waals surface area contributed by atoms with Gasteiger partial charge in [-0.05, 0) is 24.6 Å². The Morgan fingerprint density at radius 3 is 2.11 bits per heavy atom. The van der Waals surface area contributed by atoms with Gasteiger partial charge in [-0.3, -0.25) is 4.79 Å². The molecule has 0 fully saturated rings. The molecule has 1 aromatic heterocycles. The average Bonchev–Trinajstić information content (AvgIpc) is 3.02. The highest BCUT2D eigenvalue weighted by atomic mass is 31.1. The van der Waals surface area contributed by atoms with Crippen LogP contribution in [0.3, 0.4) is 0 Å². The zero-order chi connectivity index (χ0) is 19.4. The maximum Gasteiger partial charge on any atom is 0.311 e. The van der Waals surface area contributed by atoms with E-state index in [2.05, 4.69) is 36.4 Å². The van der Waals surface area contributed by atoms with Crippen LogP contribution in [0.4, 0.5) is 0 Å². The van der Waals surface area contributed by atoms with E-state index >= 15 is 0 Å². The van der Waals surface area contributed by atoms with Gasteiger partial charge in [0.05, 0.1) is 25.0 Å². The number of hydrogen-bond acceptors (Lipinski definition) is 4. The van der Waals surface area contributed by atoms with E-state index in [0.717, 1.165) is 6.29 Å². The minimum Gasteiger partial charge on any atom is -0.466 e. The van der Waals surface area contributed by atoms with Crippen molar-refractivity contribution in [3.05, 3.63) is 48.5 Å². The Kier molecular flexibility index (Phi) is 6.30. The van der Waals surface area contributed by atoms with Crippen molar-refractivity contribution >= 4 is 40.8 Å². The van der Waals surface area contributed by atoms with Gasteiger partial charge in [-0.25, -0.2) is 0 Å². The summed E-state index contributed by atoms with van der Waals surface area (Å²) in [5.74, 6) is -1.20. The number of carbonyl (C=O) groups is 2. The Morgan fingerprint density at radius 1 is 1.04 bits per heavy atom. The summed E-state index contributed by atoms with van der Waals surface area (Å²) in [5.41, 5.74) is 0. The smallest absolute Gasteiger partial charge is 0.311 e. The molecule has 142 valence electrons. The Labute approximate surface area is 160 Å². The molecule has 2 aromatic carbocycles. The van der Waals surface area contributed by atoms with Crippen molar-refractivity contribution in [2.24, 2.45) is 11.8 Å². The van der Waals surface area contributed by atoms with Crippen molar-refractivity contribution in [1.82, 2.24) is 0 Å². The standard InChI is InChI=1S/C22H25O4P/c1-4-25-22(24)16(3)21(15(2)13-23)26-14-27-19-11-7-5-9-17(19)18-10-6-8-12-20(18)27/h5-13,15-16,21H,4,14H2,1-3H3/t15-,16-,21-/m0/s1. The second-order valence-electron chi connectivity index (χ2n) is 6.76. The summed E-state index contributed by atoms with van der Waals surface area (Å²) in [6, 6.07) is 16.8. The van der Waals surface area contributed by atoms with E-state index in [1.165, 1.54) is 21.0 Å². The summed E-state index contributed by atoms with van der Waals surface area (Å²) in [6.07, 6.45) is 0.837. The molecule has 0 aliphatic carbocycles. The summed E-state index contributed by atoms with van der Waals surface area (Å²) in [5, 5.41) is 5.08. The quantitative estimate of drug-likeness (QED) is 0.388. The fourth-order valence-electron chi connectivity index (χ4n) is 3.54. The van der Waals surface area contributed by atoms with Crippen molar-refractivity contribution in [2.75, 3.05) is 6.61 Å². The lowest BCUT2D eigenvalue weighted by Gasteiger charge is -2.25. The van der Waals surface area contributed by atoms with Gasteiger partial charge in [-0.15, -0.1) is 0 Å². The van der Waals surface area contributed by atoms with Crippen LogP contribution < -0.4 is 0 Å². The van der Waals surface area contributed by atoms with Crippen molar-refractivity contribution in [1.29, 1.82) is 0 Å². The molecule has 3 atom stereocenters. The fourth-order valence-corrected chi connectivity index (χ4v) is 5.90. The molecule has 3 rings (SSSR count). The summed E-state index contributed by atoms with van der Waals surface area (Å²) >= 11 is 0. The topological polar surface area (TPSA) is 52.6 Å². The average molecular weight is 384 g/mol. The maximum absolute atomic E-state index is 12.2. The molecule has 0 aliphatic heterocycles. The third-order valence-electron chi connectivity index (χ3n) is 4.96. The van der Waals surface area contributed by atoms with Crippen LogP contribution >= 0.6 is 7.53 Å². The van der Waals surface area contributed by atoms with Crippen LogP contribution in [0.1, 0.15) is 20.8 Å². The first-order valence-corrected chi connectivity index (χ1v) is 10.8. The van der Waals surface area contributed by atoms with E-state index in [0.29, 0.717) is 13.0 Å². The molecule has 3 aromatic rings. The second-order valence-corrected chi connectivity index (χ2v) is 8.84. The van der Waals surface area contributed by atoms with E-state index in [1.54, 1.807) is 20.8 Å². The van der Waals surface area contributed by atoms with Crippen LogP contribution in [0.15, 0.2) is 48.5 Å². The summed E-state index contributed by atoms with van der Waals surface area (Å²) in [7, 11) is -0.681. The zero-order valence-electron chi connectivity index (χ0n) is 15.9. The number of carbonyl (C=O) groups excluding carboxylic acids is 2. The van der Waals surface area contributed by atoms with Crippen molar-refractivity contribution < 1.29 is 19.1 Å². The molecule has 0 amide bonds. The van der Waals surface area contributed by atoms with Crippen LogP contribution in [0.5, 0.6) is 0 Å². The molecule has 0 spiro atoms. The zero-order valence-corrected chi connectivity index (χ0v) is 16.8. The van der Waals surface area contributed by atoms with Crippen molar-refractivity contribution in [3.63, 3.8) is 0 Å². The van der Waals surface area contributed by atoms with Crippen LogP contribution in [-0.4, -0.2) is 25.0 Å². The van der Waals surface area contributed by atoms with Gasteiger partial charge in [0.1, 0.15) is 6.29 Å². The van der Waals surface area contributed by atoms with E-state index in [-0.39, 0.29) is 11.9 Å². The third kappa shape index (κ3) is 3.92. The summed E-state index contributed by atoms with van der Waals surface area (Å²) in [6.45, 7) is 5.65. The van der Waals surface area contributed by atoms with Crippen LogP contribution in [0.2, 0.25) is 0 Å². The third-order valence-corrected chi connectivity index (χ3v) is 7.31. The lowest BCUT2D eigenvalue weighted by atomic mass is 9.94.